The first-order chi connectivity index (χ1) is 16.8. The zero-order valence-corrected chi connectivity index (χ0v) is 21.3. The molecule has 9 heteroatoms. The molecule has 1 aromatic heterocycles. The van der Waals surface area contributed by atoms with E-state index in [9.17, 15) is 14.0 Å². The van der Waals surface area contributed by atoms with Crippen LogP contribution in [-0.4, -0.2) is 48.9 Å². The van der Waals surface area contributed by atoms with Crippen molar-refractivity contribution in [3.63, 3.8) is 0 Å². The highest BCUT2D eigenvalue weighted by Gasteiger charge is 2.27. The summed E-state index contributed by atoms with van der Waals surface area (Å²) in [7, 11) is 3.63. The monoisotopic (exact) mass is 542 g/mol. The van der Waals surface area contributed by atoms with Crippen LogP contribution in [0.1, 0.15) is 46.9 Å². The molecule has 2 aromatic carbocycles. The van der Waals surface area contributed by atoms with Gasteiger partial charge in [0, 0.05) is 43.8 Å². The van der Waals surface area contributed by atoms with Gasteiger partial charge in [-0.1, -0.05) is 28.1 Å². The Labute approximate surface area is 212 Å². The number of rotatable bonds is 7. The van der Waals surface area contributed by atoms with Gasteiger partial charge in [-0.2, -0.15) is 0 Å². The highest BCUT2D eigenvalue weighted by molar-refractivity contribution is 9.10. The minimum Gasteiger partial charge on any atom is -0.418 e. The summed E-state index contributed by atoms with van der Waals surface area (Å²) in [5.74, 6) is 0.00104. The number of likely N-dealkylation sites (tertiary alicyclic amines) is 1. The highest BCUT2D eigenvalue weighted by atomic mass is 79.9. The first-order valence-electron chi connectivity index (χ1n) is 11.6. The van der Waals surface area contributed by atoms with Crippen LogP contribution in [0.5, 0.6) is 0 Å². The largest absolute Gasteiger partial charge is 0.418 e. The van der Waals surface area contributed by atoms with Gasteiger partial charge in [0.25, 0.3) is 11.9 Å². The van der Waals surface area contributed by atoms with Gasteiger partial charge in [0.15, 0.2) is 0 Å². The van der Waals surface area contributed by atoms with Gasteiger partial charge in [-0.05, 0) is 66.6 Å². The Morgan fingerprint density at radius 1 is 1.17 bits per heavy atom. The van der Waals surface area contributed by atoms with Gasteiger partial charge in [0.1, 0.15) is 5.82 Å². The normalized spacial score (nSPS) is 14.1. The van der Waals surface area contributed by atoms with Crippen molar-refractivity contribution >= 4 is 39.4 Å². The number of anilines is 2. The number of hydrogen-bond acceptors (Lipinski definition) is 5. The molecule has 1 aliphatic heterocycles. The molecule has 0 bridgehead atoms. The van der Waals surface area contributed by atoms with E-state index in [0.29, 0.717) is 42.7 Å². The van der Waals surface area contributed by atoms with Crippen molar-refractivity contribution in [1.82, 2.24) is 9.88 Å². The SMILES string of the molecule is CN(C)c1ncc(C(=O)N2CCC(c3ccc(NC(=O)CCc4cc(Br)ccc4F)cc3)CC2)o1. The fourth-order valence-corrected chi connectivity index (χ4v) is 4.60. The summed E-state index contributed by atoms with van der Waals surface area (Å²) in [6.45, 7) is 1.29. The number of nitrogens with zero attached hydrogens (tertiary/aromatic N) is 3. The third-order valence-electron chi connectivity index (χ3n) is 6.16. The molecule has 0 saturated carbocycles. The Balaban J connectivity index is 1.26. The summed E-state index contributed by atoms with van der Waals surface area (Å²) in [6, 6.07) is 13.0. The lowest BCUT2D eigenvalue weighted by Gasteiger charge is -2.31. The van der Waals surface area contributed by atoms with E-state index < -0.39 is 0 Å². The molecule has 4 rings (SSSR count). The molecule has 1 aliphatic rings. The van der Waals surface area contributed by atoms with E-state index in [1.165, 1.54) is 17.8 Å². The molecule has 184 valence electrons. The molecule has 35 heavy (non-hydrogen) atoms. The molecule has 3 aromatic rings. The van der Waals surface area contributed by atoms with Crippen LogP contribution in [0.15, 0.2) is 57.6 Å². The number of carbonyl (C=O) groups excluding carboxylic acids is 2. The Kier molecular flexibility index (Phi) is 7.85. The van der Waals surface area contributed by atoms with Gasteiger partial charge < -0.3 is 19.5 Å². The molecule has 1 fully saturated rings. The van der Waals surface area contributed by atoms with Crippen LogP contribution in [-0.2, 0) is 11.2 Å². The van der Waals surface area contributed by atoms with Crippen molar-refractivity contribution in [2.75, 3.05) is 37.4 Å². The van der Waals surface area contributed by atoms with Crippen molar-refractivity contribution in [2.24, 2.45) is 0 Å². The summed E-state index contributed by atoms with van der Waals surface area (Å²) in [4.78, 5) is 32.7. The maximum atomic E-state index is 13.9. The lowest BCUT2D eigenvalue weighted by molar-refractivity contribution is -0.116. The van der Waals surface area contributed by atoms with Crippen LogP contribution in [0.2, 0.25) is 0 Å². The lowest BCUT2D eigenvalue weighted by atomic mass is 9.89. The maximum Gasteiger partial charge on any atom is 0.297 e. The van der Waals surface area contributed by atoms with Crippen molar-refractivity contribution in [2.45, 2.75) is 31.6 Å². The molecule has 7 nitrogen and oxygen atoms in total. The summed E-state index contributed by atoms with van der Waals surface area (Å²) in [5, 5.41) is 2.88. The molecule has 2 heterocycles. The number of aryl methyl sites for hydroxylation is 1. The Morgan fingerprint density at radius 2 is 1.89 bits per heavy atom. The quantitative estimate of drug-likeness (QED) is 0.442. The Morgan fingerprint density at radius 3 is 2.54 bits per heavy atom. The average Bonchev–Trinajstić information content (AvgIpc) is 3.36. The van der Waals surface area contributed by atoms with Crippen LogP contribution in [0.25, 0.3) is 0 Å². The molecular weight excluding hydrogens is 515 g/mol. The van der Waals surface area contributed by atoms with Crippen LogP contribution < -0.4 is 10.2 Å². The van der Waals surface area contributed by atoms with Crippen molar-refractivity contribution in [3.8, 4) is 0 Å². The number of piperidine rings is 1. The van der Waals surface area contributed by atoms with E-state index in [1.807, 2.05) is 38.4 Å². The molecule has 2 amide bonds. The zero-order valence-electron chi connectivity index (χ0n) is 19.8. The van der Waals surface area contributed by atoms with E-state index in [-0.39, 0.29) is 29.8 Å². The van der Waals surface area contributed by atoms with Crippen molar-refractivity contribution in [1.29, 1.82) is 0 Å². The molecule has 0 aliphatic carbocycles. The van der Waals surface area contributed by atoms with E-state index in [0.717, 1.165) is 17.3 Å². The predicted molar refractivity (Wildman–Crippen MR) is 136 cm³/mol. The number of aromatic nitrogens is 1. The smallest absolute Gasteiger partial charge is 0.297 e. The van der Waals surface area contributed by atoms with Crippen LogP contribution in [0, 0.1) is 5.82 Å². The van der Waals surface area contributed by atoms with E-state index >= 15 is 0 Å². The first kappa shape index (κ1) is 24.9. The Hall–Kier alpha value is -3.20. The number of hydrogen-bond donors (Lipinski definition) is 1. The number of oxazole rings is 1. The molecule has 0 spiro atoms. The van der Waals surface area contributed by atoms with Crippen LogP contribution in [0.4, 0.5) is 16.1 Å². The third kappa shape index (κ3) is 6.28. The number of halogens is 2. The van der Waals surface area contributed by atoms with E-state index in [1.54, 1.807) is 21.9 Å². The van der Waals surface area contributed by atoms with Gasteiger partial charge in [-0.25, -0.2) is 9.37 Å². The number of amides is 2. The molecular formula is C26H28BrFN4O3. The third-order valence-corrected chi connectivity index (χ3v) is 6.66. The van der Waals surface area contributed by atoms with Gasteiger partial charge in [0.2, 0.25) is 11.7 Å². The highest BCUT2D eigenvalue weighted by Crippen LogP contribution is 2.30. The summed E-state index contributed by atoms with van der Waals surface area (Å²) in [6.07, 6.45) is 3.71. The standard InChI is InChI=1S/C26H28BrFN4O3/c1-31(2)26-29-16-23(35-26)25(34)32-13-11-18(12-14-32)17-3-7-21(8-4-17)30-24(33)10-5-19-15-20(27)6-9-22(19)28/h3-4,6-9,15-16,18H,5,10-14H2,1-2H3,(H,30,33). The summed E-state index contributed by atoms with van der Waals surface area (Å²) >= 11 is 3.33. The first-order valence-corrected chi connectivity index (χ1v) is 12.4. The number of nitrogens with one attached hydrogen (secondary N) is 1. The minimum atomic E-state index is -0.308. The fourth-order valence-electron chi connectivity index (χ4n) is 4.19. The van der Waals surface area contributed by atoms with Crippen molar-refractivity contribution < 1.29 is 18.4 Å². The van der Waals surface area contributed by atoms with Gasteiger partial charge in [0.05, 0.1) is 6.20 Å². The van der Waals surface area contributed by atoms with E-state index in [2.05, 4.69) is 26.2 Å². The van der Waals surface area contributed by atoms with Crippen molar-refractivity contribution in [3.05, 3.63) is 75.8 Å². The maximum absolute atomic E-state index is 13.9. The molecule has 1 N–H and O–H groups in total. The Bertz CT molecular complexity index is 1190. The molecule has 0 atom stereocenters. The number of carbonyl (C=O) groups is 2. The predicted octanol–water partition coefficient (Wildman–Crippen LogP) is 5.23. The lowest BCUT2D eigenvalue weighted by Crippen LogP contribution is -2.37. The second kappa shape index (κ2) is 11.0. The topological polar surface area (TPSA) is 78.7 Å². The number of benzene rings is 2. The summed E-state index contributed by atoms with van der Waals surface area (Å²) in [5.41, 5.74) is 2.40. The average molecular weight is 543 g/mol. The second-order valence-corrected chi connectivity index (χ2v) is 9.79. The molecule has 0 unspecified atom stereocenters. The second-order valence-electron chi connectivity index (χ2n) is 8.87. The van der Waals surface area contributed by atoms with Crippen LogP contribution >= 0.6 is 15.9 Å². The van der Waals surface area contributed by atoms with Crippen LogP contribution in [0.3, 0.4) is 0 Å². The zero-order chi connectivity index (χ0) is 24.9. The molecule has 0 radical (unpaired) electrons. The minimum absolute atomic E-state index is 0.134. The van der Waals surface area contributed by atoms with Gasteiger partial charge in [-0.15, -0.1) is 0 Å². The summed E-state index contributed by atoms with van der Waals surface area (Å²) < 4.78 is 20.2. The molecule has 1 saturated heterocycles. The van der Waals surface area contributed by atoms with Gasteiger partial charge >= 0.3 is 0 Å². The van der Waals surface area contributed by atoms with E-state index in [4.69, 9.17) is 4.42 Å². The van der Waals surface area contributed by atoms with Gasteiger partial charge in [-0.3, -0.25) is 9.59 Å². The fraction of sp³-hybridized carbons (Fsp3) is 0.346.